The predicted molar refractivity (Wildman–Crippen MR) is 95.2 cm³/mol. The van der Waals surface area contributed by atoms with Gasteiger partial charge in [-0.05, 0) is 17.7 Å². The summed E-state index contributed by atoms with van der Waals surface area (Å²) in [5.74, 6) is 0.887. The molecular weight excluding hydrogens is 394 g/mol. The van der Waals surface area contributed by atoms with E-state index in [1.165, 1.54) is 45.6 Å². The van der Waals surface area contributed by atoms with E-state index in [1.54, 1.807) is 12.1 Å². The summed E-state index contributed by atoms with van der Waals surface area (Å²) in [6, 6.07) is 8.89. The summed E-state index contributed by atoms with van der Waals surface area (Å²) in [6.07, 6.45) is 0. The Hall–Kier alpha value is -2.61. The van der Waals surface area contributed by atoms with E-state index in [2.05, 4.69) is 15.9 Å². The van der Waals surface area contributed by atoms with Gasteiger partial charge in [0.25, 0.3) is 5.69 Å². The van der Waals surface area contributed by atoms with Gasteiger partial charge in [0.05, 0.1) is 26.3 Å². The van der Waals surface area contributed by atoms with Gasteiger partial charge in [-0.3, -0.25) is 14.9 Å². The molecule has 0 bridgehead atoms. The quantitative estimate of drug-likeness (QED) is 0.297. The Morgan fingerprint density at radius 1 is 1.04 bits per heavy atom. The number of nitro benzene ring substituents is 1. The zero-order valence-corrected chi connectivity index (χ0v) is 15.4. The lowest BCUT2D eigenvalue weighted by Crippen LogP contribution is -2.08. The molecule has 0 N–H and O–H groups in total. The van der Waals surface area contributed by atoms with Crippen molar-refractivity contribution in [2.24, 2.45) is 0 Å². The van der Waals surface area contributed by atoms with Crippen molar-refractivity contribution in [3.63, 3.8) is 0 Å². The third-order valence-corrected chi connectivity index (χ3v) is 4.52. The minimum Gasteiger partial charge on any atom is -0.493 e. The van der Waals surface area contributed by atoms with Crippen molar-refractivity contribution in [2.75, 3.05) is 21.3 Å². The molecule has 0 amide bonds. The highest BCUT2D eigenvalue weighted by atomic mass is 79.9. The smallest absolute Gasteiger partial charge is 0.269 e. The van der Waals surface area contributed by atoms with Gasteiger partial charge in [0.2, 0.25) is 5.75 Å². The summed E-state index contributed by atoms with van der Waals surface area (Å²) in [5.41, 5.74) is 0.919. The van der Waals surface area contributed by atoms with Gasteiger partial charge < -0.3 is 14.2 Å². The minimum atomic E-state index is -0.670. The fourth-order valence-corrected chi connectivity index (χ4v) is 2.86. The molecule has 2 rings (SSSR count). The first-order valence-corrected chi connectivity index (χ1v) is 8.07. The molecule has 132 valence electrons. The highest BCUT2D eigenvalue weighted by molar-refractivity contribution is 9.09. The van der Waals surface area contributed by atoms with Gasteiger partial charge in [0.1, 0.15) is 4.83 Å². The summed E-state index contributed by atoms with van der Waals surface area (Å²) in [5, 5.41) is 10.7. The summed E-state index contributed by atoms with van der Waals surface area (Å²) < 4.78 is 15.7. The lowest BCUT2D eigenvalue weighted by atomic mass is 10.0. The molecule has 0 heterocycles. The van der Waals surface area contributed by atoms with Crippen molar-refractivity contribution in [2.45, 2.75) is 4.83 Å². The number of ether oxygens (including phenoxy) is 3. The fraction of sp³-hybridized carbons (Fsp3) is 0.235. The van der Waals surface area contributed by atoms with Crippen LogP contribution in [-0.4, -0.2) is 32.0 Å². The van der Waals surface area contributed by atoms with Gasteiger partial charge in [-0.2, -0.15) is 0 Å². The molecule has 1 unspecified atom stereocenters. The lowest BCUT2D eigenvalue weighted by Gasteiger charge is -2.15. The molecule has 7 nitrogen and oxygen atoms in total. The number of benzene rings is 2. The Labute approximate surface area is 152 Å². The Morgan fingerprint density at radius 2 is 1.56 bits per heavy atom. The second-order valence-corrected chi connectivity index (χ2v) is 5.91. The predicted octanol–water partition coefficient (Wildman–Crippen LogP) is 3.94. The number of carbonyl (C=O) groups excluding carboxylic acids is 1. The van der Waals surface area contributed by atoms with Crippen LogP contribution in [0.25, 0.3) is 0 Å². The standard InChI is InChI=1S/C17H16BrNO6/c1-23-13-8-11(9-14(24-2)17(13)25-3)16(20)15(18)10-4-6-12(7-5-10)19(21)22/h4-9,15H,1-3H3. The number of alkyl halides is 1. The zero-order chi connectivity index (χ0) is 18.6. The van der Waals surface area contributed by atoms with Crippen molar-refractivity contribution in [3.8, 4) is 17.2 Å². The summed E-state index contributed by atoms with van der Waals surface area (Å²) in [4.78, 5) is 22.3. The second kappa shape index (κ2) is 7.98. The van der Waals surface area contributed by atoms with Crippen LogP contribution in [0.3, 0.4) is 0 Å². The summed E-state index contributed by atoms with van der Waals surface area (Å²) in [7, 11) is 4.41. The molecule has 0 saturated heterocycles. The summed E-state index contributed by atoms with van der Waals surface area (Å²) >= 11 is 3.35. The number of ketones is 1. The van der Waals surface area contributed by atoms with Crippen LogP contribution in [0.2, 0.25) is 0 Å². The van der Waals surface area contributed by atoms with Crippen LogP contribution in [0.5, 0.6) is 17.2 Å². The number of hydrogen-bond donors (Lipinski definition) is 0. The number of hydrogen-bond acceptors (Lipinski definition) is 6. The molecule has 0 aromatic heterocycles. The monoisotopic (exact) mass is 409 g/mol. The van der Waals surface area contributed by atoms with E-state index in [9.17, 15) is 14.9 Å². The Bertz CT molecular complexity index is 765. The van der Waals surface area contributed by atoms with Crippen molar-refractivity contribution >= 4 is 27.4 Å². The van der Waals surface area contributed by atoms with Crippen LogP contribution >= 0.6 is 15.9 Å². The highest BCUT2D eigenvalue weighted by Crippen LogP contribution is 2.40. The van der Waals surface area contributed by atoms with Crippen molar-refractivity contribution in [3.05, 3.63) is 57.6 Å². The first-order valence-electron chi connectivity index (χ1n) is 7.15. The maximum atomic E-state index is 12.8. The lowest BCUT2D eigenvalue weighted by molar-refractivity contribution is -0.384. The third kappa shape index (κ3) is 3.90. The number of methoxy groups -OCH3 is 3. The number of carbonyl (C=O) groups is 1. The first-order chi connectivity index (χ1) is 11.9. The molecule has 0 radical (unpaired) electrons. The molecule has 0 saturated carbocycles. The molecule has 0 aliphatic carbocycles. The fourth-order valence-electron chi connectivity index (χ4n) is 2.29. The number of nitrogens with zero attached hydrogens (tertiary/aromatic N) is 1. The number of nitro groups is 1. The van der Waals surface area contributed by atoms with E-state index in [-0.39, 0.29) is 11.5 Å². The second-order valence-electron chi connectivity index (χ2n) is 4.99. The molecular formula is C17H16BrNO6. The van der Waals surface area contributed by atoms with Gasteiger partial charge in [0.15, 0.2) is 17.3 Å². The van der Waals surface area contributed by atoms with Crippen LogP contribution in [0.15, 0.2) is 36.4 Å². The van der Waals surface area contributed by atoms with E-state index < -0.39 is 9.75 Å². The average Bonchev–Trinajstić information content (AvgIpc) is 2.65. The molecule has 8 heteroatoms. The maximum Gasteiger partial charge on any atom is 0.269 e. The van der Waals surface area contributed by atoms with Gasteiger partial charge in [-0.25, -0.2) is 0 Å². The first kappa shape index (κ1) is 18.7. The molecule has 1 atom stereocenters. The minimum absolute atomic E-state index is 0.0383. The molecule has 0 fully saturated rings. The van der Waals surface area contributed by atoms with E-state index in [0.29, 0.717) is 28.4 Å². The Morgan fingerprint density at radius 3 is 1.96 bits per heavy atom. The van der Waals surface area contributed by atoms with E-state index in [1.807, 2.05) is 0 Å². The normalized spacial score (nSPS) is 11.5. The molecule has 2 aromatic carbocycles. The SMILES string of the molecule is COc1cc(C(=O)C(Br)c2ccc([N+](=O)[O-])cc2)cc(OC)c1OC. The van der Waals surface area contributed by atoms with Crippen LogP contribution in [0.1, 0.15) is 20.7 Å². The van der Waals surface area contributed by atoms with Crippen LogP contribution < -0.4 is 14.2 Å². The number of halogens is 1. The average molecular weight is 410 g/mol. The highest BCUT2D eigenvalue weighted by Gasteiger charge is 2.23. The van der Waals surface area contributed by atoms with E-state index in [4.69, 9.17) is 14.2 Å². The maximum absolute atomic E-state index is 12.8. The van der Waals surface area contributed by atoms with Crippen molar-refractivity contribution < 1.29 is 23.9 Å². The molecule has 0 spiro atoms. The topological polar surface area (TPSA) is 87.9 Å². The van der Waals surface area contributed by atoms with Crippen molar-refractivity contribution in [1.82, 2.24) is 0 Å². The zero-order valence-electron chi connectivity index (χ0n) is 13.8. The van der Waals surface area contributed by atoms with Gasteiger partial charge in [-0.1, -0.05) is 28.1 Å². The van der Waals surface area contributed by atoms with Crippen LogP contribution in [-0.2, 0) is 0 Å². The number of non-ortho nitro benzene ring substituents is 1. The van der Waals surface area contributed by atoms with Crippen LogP contribution in [0.4, 0.5) is 5.69 Å². The number of Topliss-reactive ketones (excluding diaryl/α,β-unsaturated/α-hetero) is 1. The molecule has 0 aliphatic heterocycles. The Balaban J connectivity index is 2.37. The number of rotatable bonds is 7. The molecule has 0 aliphatic rings. The molecule has 2 aromatic rings. The Kier molecular flexibility index (Phi) is 5.97. The van der Waals surface area contributed by atoms with Crippen LogP contribution in [0, 0.1) is 10.1 Å². The van der Waals surface area contributed by atoms with E-state index in [0.717, 1.165) is 0 Å². The summed E-state index contributed by atoms with van der Waals surface area (Å²) in [6.45, 7) is 0. The third-order valence-electron chi connectivity index (χ3n) is 3.58. The van der Waals surface area contributed by atoms with Gasteiger partial charge in [-0.15, -0.1) is 0 Å². The van der Waals surface area contributed by atoms with Gasteiger partial charge >= 0.3 is 0 Å². The largest absolute Gasteiger partial charge is 0.493 e. The van der Waals surface area contributed by atoms with Crippen molar-refractivity contribution in [1.29, 1.82) is 0 Å². The van der Waals surface area contributed by atoms with Gasteiger partial charge in [0, 0.05) is 17.7 Å². The molecule has 25 heavy (non-hydrogen) atoms. The van der Waals surface area contributed by atoms with E-state index >= 15 is 0 Å².